The minimum atomic E-state index is 0.0923. The summed E-state index contributed by atoms with van der Waals surface area (Å²) in [4.78, 5) is 8.27. The molecule has 114 valence electrons. The van der Waals surface area contributed by atoms with Crippen LogP contribution < -0.4 is 5.73 Å². The second kappa shape index (κ2) is 4.28. The van der Waals surface area contributed by atoms with Gasteiger partial charge in [-0.2, -0.15) is 0 Å². The summed E-state index contributed by atoms with van der Waals surface area (Å²) in [6, 6.07) is 0.0923. The lowest BCUT2D eigenvalue weighted by Gasteiger charge is -2.66. The Hall–Kier alpha value is -0.960. The summed E-state index contributed by atoms with van der Waals surface area (Å²) in [7, 11) is 0. The van der Waals surface area contributed by atoms with E-state index in [0.29, 0.717) is 16.2 Å². The maximum atomic E-state index is 6.52. The Morgan fingerprint density at radius 2 is 1.71 bits per heavy atom. The first-order chi connectivity index (χ1) is 9.90. The van der Waals surface area contributed by atoms with Crippen molar-refractivity contribution in [3.8, 4) is 0 Å². The lowest BCUT2D eigenvalue weighted by molar-refractivity contribution is -0.149. The molecule has 4 aliphatic rings. The zero-order valence-corrected chi connectivity index (χ0v) is 13.3. The Balaban J connectivity index is 1.60. The third-order valence-electron chi connectivity index (χ3n) is 6.40. The van der Waals surface area contributed by atoms with Crippen LogP contribution >= 0.6 is 0 Å². The van der Waals surface area contributed by atoms with E-state index in [-0.39, 0.29) is 6.04 Å². The van der Waals surface area contributed by atoms with Gasteiger partial charge in [-0.1, -0.05) is 13.8 Å². The van der Waals surface area contributed by atoms with E-state index in [4.69, 9.17) is 5.73 Å². The molecule has 0 saturated heterocycles. The molecule has 1 aromatic rings. The number of nitrogens with two attached hydrogens (primary N) is 1. The summed E-state index contributed by atoms with van der Waals surface area (Å²) >= 11 is 0. The predicted molar refractivity (Wildman–Crippen MR) is 83.4 cm³/mol. The highest BCUT2D eigenvalue weighted by molar-refractivity contribution is 5.14. The van der Waals surface area contributed by atoms with E-state index < -0.39 is 0 Å². The molecule has 0 aliphatic heterocycles. The third kappa shape index (κ3) is 2.30. The van der Waals surface area contributed by atoms with Crippen LogP contribution in [-0.2, 0) is 0 Å². The Morgan fingerprint density at radius 1 is 1.10 bits per heavy atom. The van der Waals surface area contributed by atoms with Crippen molar-refractivity contribution in [1.29, 1.82) is 0 Å². The standard InChI is InChI=1S/C18H27N3/c1-16-3-13-4-17(2,9-16)11-18(5-13,10-16)6-15(19)14-7-20-12-21-8-14/h7-8,12-13,15H,3-6,9-11,19H2,1-2H3. The minimum absolute atomic E-state index is 0.0923. The molecule has 0 spiro atoms. The van der Waals surface area contributed by atoms with Crippen LogP contribution in [0.1, 0.15) is 70.4 Å². The van der Waals surface area contributed by atoms with Crippen molar-refractivity contribution in [1.82, 2.24) is 9.97 Å². The number of nitrogens with zero attached hydrogens (tertiary/aromatic N) is 2. The van der Waals surface area contributed by atoms with Crippen LogP contribution in [0.4, 0.5) is 0 Å². The topological polar surface area (TPSA) is 51.8 Å². The van der Waals surface area contributed by atoms with Crippen LogP contribution in [0.2, 0.25) is 0 Å². The van der Waals surface area contributed by atoms with Gasteiger partial charge in [-0.15, -0.1) is 0 Å². The molecule has 4 fully saturated rings. The predicted octanol–water partition coefficient (Wildman–Crippen LogP) is 3.86. The molecule has 0 radical (unpaired) electrons. The third-order valence-corrected chi connectivity index (χ3v) is 6.40. The van der Waals surface area contributed by atoms with E-state index in [2.05, 4.69) is 23.8 Å². The molecule has 1 heterocycles. The normalized spacial score (nSPS) is 45.8. The van der Waals surface area contributed by atoms with Gasteiger partial charge in [0.05, 0.1) is 0 Å². The quantitative estimate of drug-likeness (QED) is 0.917. The zero-order valence-electron chi connectivity index (χ0n) is 13.3. The summed E-state index contributed by atoms with van der Waals surface area (Å²) < 4.78 is 0. The molecule has 1 aromatic heterocycles. The molecule has 3 heteroatoms. The number of aromatic nitrogens is 2. The molecular formula is C18H27N3. The van der Waals surface area contributed by atoms with Crippen LogP contribution in [0.25, 0.3) is 0 Å². The van der Waals surface area contributed by atoms with Crippen molar-refractivity contribution in [2.45, 2.75) is 64.8 Å². The van der Waals surface area contributed by atoms with Crippen LogP contribution in [0.5, 0.6) is 0 Å². The molecule has 4 bridgehead atoms. The monoisotopic (exact) mass is 285 g/mol. The van der Waals surface area contributed by atoms with Crippen molar-refractivity contribution < 1.29 is 0 Å². The maximum absolute atomic E-state index is 6.52. The molecule has 21 heavy (non-hydrogen) atoms. The number of hydrogen-bond acceptors (Lipinski definition) is 3. The molecule has 2 N–H and O–H groups in total. The Bertz CT molecular complexity index is 523. The van der Waals surface area contributed by atoms with Crippen molar-refractivity contribution >= 4 is 0 Å². The second-order valence-corrected chi connectivity index (χ2v) is 9.11. The smallest absolute Gasteiger partial charge is 0.115 e. The highest BCUT2D eigenvalue weighted by Gasteiger charge is 2.59. The highest BCUT2D eigenvalue weighted by atomic mass is 14.8. The van der Waals surface area contributed by atoms with Gasteiger partial charge in [0.1, 0.15) is 6.33 Å². The average Bonchev–Trinajstić information content (AvgIpc) is 2.34. The summed E-state index contributed by atoms with van der Waals surface area (Å²) in [5, 5.41) is 0. The molecule has 0 amide bonds. The molecular weight excluding hydrogens is 258 g/mol. The van der Waals surface area contributed by atoms with Gasteiger partial charge >= 0.3 is 0 Å². The van der Waals surface area contributed by atoms with E-state index in [1.165, 1.54) is 38.5 Å². The zero-order chi connectivity index (χ0) is 14.7. The van der Waals surface area contributed by atoms with E-state index in [0.717, 1.165) is 17.9 Å². The fraction of sp³-hybridized carbons (Fsp3) is 0.778. The molecule has 0 aromatic carbocycles. The van der Waals surface area contributed by atoms with Gasteiger partial charge in [-0.05, 0) is 67.1 Å². The van der Waals surface area contributed by atoms with Gasteiger partial charge in [0, 0.05) is 24.0 Å². The summed E-state index contributed by atoms with van der Waals surface area (Å²) in [6.07, 6.45) is 15.0. The molecule has 3 nitrogen and oxygen atoms in total. The highest BCUT2D eigenvalue weighted by Crippen LogP contribution is 2.70. The van der Waals surface area contributed by atoms with Crippen LogP contribution in [0.15, 0.2) is 18.7 Å². The van der Waals surface area contributed by atoms with Crippen molar-refractivity contribution in [2.75, 3.05) is 0 Å². The first-order valence-corrected chi connectivity index (χ1v) is 8.40. The maximum Gasteiger partial charge on any atom is 0.115 e. The minimum Gasteiger partial charge on any atom is -0.324 e. The van der Waals surface area contributed by atoms with Crippen LogP contribution in [0.3, 0.4) is 0 Å². The van der Waals surface area contributed by atoms with E-state index in [1.807, 2.05) is 12.4 Å². The largest absolute Gasteiger partial charge is 0.324 e. The summed E-state index contributed by atoms with van der Waals surface area (Å²) in [5.41, 5.74) is 9.23. The van der Waals surface area contributed by atoms with E-state index in [1.54, 1.807) is 6.33 Å². The Labute approximate surface area is 127 Å². The van der Waals surface area contributed by atoms with Gasteiger partial charge < -0.3 is 5.73 Å². The van der Waals surface area contributed by atoms with Gasteiger partial charge in [0.2, 0.25) is 0 Å². The lowest BCUT2D eigenvalue weighted by Crippen LogP contribution is -2.55. The van der Waals surface area contributed by atoms with Crippen molar-refractivity contribution in [3.63, 3.8) is 0 Å². The van der Waals surface area contributed by atoms with Gasteiger partial charge in [-0.25, -0.2) is 9.97 Å². The van der Waals surface area contributed by atoms with Crippen molar-refractivity contribution in [3.05, 3.63) is 24.3 Å². The Kier molecular flexibility index (Phi) is 2.79. The van der Waals surface area contributed by atoms with Gasteiger partial charge in [0.15, 0.2) is 0 Å². The second-order valence-electron chi connectivity index (χ2n) is 9.11. The van der Waals surface area contributed by atoms with E-state index in [9.17, 15) is 0 Å². The Morgan fingerprint density at radius 3 is 2.29 bits per heavy atom. The van der Waals surface area contributed by atoms with Crippen LogP contribution in [-0.4, -0.2) is 9.97 Å². The van der Waals surface area contributed by atoms with Crippen molar-refractivity contribution in [2.24, 2.45) is 27.9 Å². The van der Waals surface area contributed by atoms with Gasteiger partial charge in [0.25, 0.3) is 0 Å². The summed E-state index contributed by atoms with van der Waals surface area (Å²) in [6.45, 7) is 5.06. The first kappa shape index (κ1) is 13.7. The molecule has 3 unspecified atom stereocenters. The molecule has 4 saturated carbocycles. The molecule has 5 rings (SSSR count). The van der Waals surface area contributed by atoms with Crippen LogP contribution in [0, 0.1) is 22.2 Å². The number of rotatable bonds is 3. The van der Waals surface area contributed by atoms with E-state index >= 15 is 0 Å². The lowest BCUT2D eigenvalue weighted by atomic mass is 9.39. The summed E-state index contributed by atoms with van der Waals surface area (Å²) in [5.74, 6) is 0.940. The average molecular weight is 285 g/mol. The molecule has 3 atom stereocenters. The molecule has 4 aliphatic carbocycles. The van der Waals surface area contributed by atoms with Gasteiger partial charge in [-0.3, -0.25) is 0 Å². The SMILES string of the molecule is CC12CC3CC(C)(C1)CC(CC(N)c1cncnc1)(C3)C2. The fourth-order valence-electron chi connectivity index (χ4n) is 7.00. The fourth-order valence-corrected chi connectivity index (χ4v) is 7.00. The first-order valence-electron chi connectivity index (χ1n) is 8.40. The number of hydrogen-bond donors (Lipinski definition) is 1.